The van der Waals surface area contributed by atoms with E-state index in [1.807, 2.05) is 36.4 Å². The van der Waals surface area contributed by atoms with Crippen molar-refractivity contribution in [3.05, 3.63) is 48.2 Å². The maximum absolute atomic E-state index is 10.2. The summed E-state index contributed by atoms with van der Waals surface area (Å²) in [7, 11) is 0. The van der Waals surface area contributed by atoms with Gasteiger partial charge in [-0.1, -0.05) is 50.6 Å². The zero-order valence-corrected chi connectivity index (χ0v) is 13.4. The highest BCUT2D eigenvalue weighted by atomic mass is 16.6. The fourth-order valence-electron chi connectivity index (χ4n) is 2.42. The topological polar surface area (TPSA) is 47.9 Å². The molecule has 0 saturated carbocycles. The molecule has 4 nitrogen and oxygen atoms in total. The van der Waals surface area contributed by atoms with Crippen LogP contribution in [0.5, 0.6) is 0 Å². The lowest BCUT2D eigenvalue weighted by Crippen LogP contribution is -2.35. The van der Waals surface area contributed by atoms with Crippen LogP contribution < -0.4 is 0 Å². The third kappa shape index (κ3) is 4.83. The predicted octanol–water partition coefficient (Wildman–Crippen LogP) is 3.43. The van der Waals surface area contributed by atoms with E-state index in [0.717, 1.165) is 25.0 Å². The van der Waals surface area contributed by atoms with E-state index in [1.165, 1.54) is 0 Å². The first kappa shape index (κ1) is 17.0. The van der Waals surface area contributed by atoms with Crippen LogP contribution in [0.15, 0.2) is 42.7 Å². The zero-order valence-electron chi connectivity index (χ0n) is 13.4. The summed E-state index contributed by atoms with van der Waals surface area (Å²) in [6.45, 7) is 5.45. The molecule has 1 aromatic rings. The molecule has 1 aromatic carbocycles. The molecule has 1 N–H and O–H groups in total. The quantitative estimate of drug-likeness (QED) is 0.619. The molecule has 0 saturated heterocycles. The second kappa shape index (κ2) is 8.93. The summed E-state index contributed by atoms with van der Waals surface area (Å²) in [6, 6.07) is 9.38. The lowest BCUT2D eigenvalue weighted by atomic mass is 9.98. The highest BCUT2D eigenvalue weighted by Crippen LogP contribution is 2.25. The Labute approximate surface area is 132 Å². The SMILES string of the molecule is CCCCO[C@@H]1COC=CC(OC(O)c2ccccc2)[C@@H]1C. The number of ether oxygens (including phenoxy) is 3. The summed E-state index contributed by atoms with van der Waals surface area (Å²) < 4.78 is 17.2. The van der Waals surface area contributed by atoms with Crippen LogP contribution in [0.2, 0.25) is 0 Å². The van der Waals surface area contributed by atoms with Gasteiger partial charge >= 0.3 is 0 Å². The lowest BCUT2D eigenvalue weighted by molar-refractivity contribution is -0.153. The molecule has 4 atom stereocenters. The van der Waals surface area contributed by atoms with E-state index in [1.54, 1.807) is 6.26 Å². The second-order valence-corrected chi connectivity index (χ2v) is 5.65. The molecule has 2 rings (SSSR count). The molecule has 0 aromatic heterocycles. The van der Waals surface area contributed by atoms with Crippen LogP contribution in [0, 0.1) is 5.92 Å². The van der Waals surface area contributed by atoms with Gasteiger partial charge in [0.25, 0.3) is 0 Å². The Kier molecular flexibility index (Phi) is 6.90. The first-order valence-electron chi connectivity index (χ1n) is 8.00. The Morgan fingerprint density at radius 3 is 2.82 bits per heavy atom. The first-order chi connectivity index (χ1) is 10.7. The highest BCUT2D eigenvalue weighted by molar-refractivity contribution is 5.15. The lowest BCUT2D eigenvalue weighted by Gasteiger charge is -2.28. The minimum atomic E-state index is -0.951. The molecule has 22 heavy (non-hydrogen) atoms. The minimum Gasteiger partial charge on any atom is -0.499 e. The summed E-state index contributed by atoms with van der Waals surface area (Å²) in [5, 5.41) is 10.2. The van der Waals surface area contributed by atoms with Gasteiger partial charge in [-0.15, -0.1) is 0 Å². The van der Waals surface area contributed by atoms with E-state index in [2.05, 4.69) is 13.8 Å². The first-order valence-corrected chi connectivity index (χ1v) is 8.00. The summed E-state index contributed by atoms with van der Waals surface area (Å²) >= 11 is 0. The van der Waals surface area contributed by atoms with Gasteiger partial charge in [0.05, 0.1) is 18.5 Å². The number of hydrogen-bond acceptors (Lipinski definition) is 4. The van der Waals surface area contributed by atoms with Crippen molar-refractivity contribution in [3.8, 4) is 0 Å². The molecule has 0 spiro atoms. The van der Waals surface area contributed by atoms with Crippen LogP contribution in [0.25, 0.3) is 0 Å². The molecule has 4 heteroatoms. The molecular weight excluding hydrogens is 280 g/mol. The summed E-state index contributed by atoms with van der Waals surface area (Å²) in [6.07, 6.45) is 4.40. The van der Waals surface area contributed by atoms with Crippen molar-refractivity contribution in [1.29, 1.82) is 0 Å². The van der Waals surface area contributed by atoms with E-state index in [9.17, 15) is 5.11 Å². The van der Waals surface area contributed by atoms with Crippen LogP contribution in [0.1, 0.15) is 38.5 Å². The van der Waals surface area contributed by atoms with Crippen LogP contribution in [0.3, 0.4) is 0 Å². The fraction of sp³-hybridized carbons (Fsp3) is 0.556. The van der Waals surface area contributed by atoms with Crippen LogP contribution in [0.4, 0.5) is 0 Å². The molecule has 122 valence electrons. The van der Waals surface area contributed by atoms with E-state index in [0.29, 0.717) is 6.61 Å². The van der Waals surface area contributed by atoms with Crippen LogP contribution >= 0.6 is 0 Å². The molecule has 0 bridgehead atoms. The van der Waals surface area contributed by atoms with Gasteiger partial charge in [-0.05, 0) is 12.5 Å². The van der Waals surface area contributed by atoms with Gasteiger partial charge in [-0.2, -0.15) is 0 Å². The number of benzene rings is 1. The van der Waals surface area contributed by atoms with Gasteiger partial charge in [0.15, 0.2) is 6.29 Å². The molecule has 1 aliphatic heterocycles. The monoisotopic (exact) mass is 306 g/mol. The molecule has 0 radical (unpaired) electrons. The Hall–Kier alpha value is -1.36. The Morgan fingerprint density at radius 1 is 1.32 bits per heavy atom. The minimum absolute atomic E-state index is 0.0328. The van der Waals surface area contributed by atoms with Crippen molar-refractivity contribution in [2.75, 3.05) is 13.2 Å². The van der Waals surface area contributed by atoms with Crippen LogP contribution in [-0.4, -0.2) is 30.5 Å². The summed E-state index contributed by atoms with van der Waals surface area (Å²) in [5.74, 6) is 0.106. The number of hydrogen-bond donors (Lipinski definition) is 1. The van der Waals surface area contributed by atoms with Gasteiger partial charge in [-0.25, -0.2) is 0 Å². The fourth-order valence-corrected chi connectivity index (χ4v) is 2.42. The largest absolute Gasteiger partial charge is 0.499 e. The predicted molar refractivity (Wildman–Crippen MR) is 85.2 cm³/mol. The Balaban J connectivity index is 1.95. The van der Waals surface area contributed by atoms with Gasteiger partial charge in [0.1, 0.15) is 6.61 Å². The third-order valence-corrected chi connectivity index (χ3v) is 3.93. The average Bonchev–Trinajstić information content (AvgIpc) is 2.71. The third-order valence-electron chi connectivity index (χ3n) is 3.93. The standard InChI is InChI=1S/C18H26O4/c1-3-4-11-21-17-13-20-12-10-16(14(17)2)22-18(19)15-8-6-5-7-9-15/h5-10,12,14,16-19H,3-4,11,13H2,1-2H3/t14-,16?,17+,18?/m0/s1. The second-order valence-electron chi connectivity index (χ2n) is 5.65. The van der Waals surface area contributed by atoms with Crippen molar-refractivity contribution in [2.24, 2.45) is 5.92 Å². The maximum atomic E-state index is 10.2. The van der Waals surface area contributed by atoms with E-state index in [4.69, 9.17) is 14.2 Å². The van der Waals surface area contributed by atoms with E-state index in [-0.39, 0.29) is 18.1 Å². The summed E-state index contributed by atoms with van der Waals surface area (Å²) in [4.78, 5) is 0. The smallest absolute Gasteiger partial charge is 0.181 e. The maximum Gasteiger partial charge on any atom is 0.181 e. The average molecular weight is 306 g/mol. The molecule has 1 aliphatic rings. The van der Waals surface area contributed by atoms with Gasteiger partial charge in [-0.3, -0.25) is 0 Å². The highest BCUT2D eigenvalue weighted by Gasteiger charge is 2.30. The molecular formula is C18H26O4. The van der Waals surface area contributed by atoms with Gasteiger partial charge < -0.3 is 19.3 Å². The molecule has 0 fully saturated rings. The number of rotatable bonds is 7. The number of aliphatic hydroxyl groups excluding tert-OH is 1. The number of aliphatic hydroxyl groups is 1. The van der Waals surface area contributed by atoms with Crippen molar-refractivity contribution in [3.63, 3.8) is 0 Å². The van der Waals surface area contributed by atoms with E-state index < -0.39 is 6.29 Å². The number of unbranched alkanes of at least 4 members (excludes halogenated alkanes) is 1. The van der Waals surface area contributed by atoms with Gasteiger partial charge in [0.2, 0.25) is 0 Å². The van der Waals surface area contributed by atoms with Gasteiger partial charge in [0, 0.05) is 18.1 Å². The zero-order chi connectivity index (χ0) is 15.8. The molecule has 0 amide bonds. The van der Waals surface area contributed by atoms with Crippen molar-refractivity contribution in [1.82, 2.24) is 0 Å². The Bertz CT molecular complexity index is 446. The van der Waals surface area contributed by atoms with Crippen molar-refractivity contribution < 1.29 is 19.3 Å². The molecule has 2 unspecified atom stereocenters. The molecule has 0 aliphatic carbocycles. The Morgan fingerprint density at radius 2 is 2.09 bits per heavy atom. The van der Waals surface area contributed by atoms with Crippen molar-refractivity contribution in [2.45, 2.75) is 45.2 Å². The summed E-state index contributed by atoms with van der Waals surface area (Å²) in [5.41, 5.74) is 0.747. The van der Waals surface area contributed by atoms with Crippen LogP contribution in [-0.2, 0) is 14.2 Å². The van der Waals surface area contributed by atoms with Crippen molar-refractivity contribution >= 4 is 0 Å². The normalized spacial score (nSPS) is 26.2. The molecule has 1 heterocycles. The van der Waals surface area contributed by atoms with E-state index >= 15 is 0 Å².